The average molecular weight is 349 g/mol. The molecule has 2 heterocycles. The molecule has 0 atom stereocenters. The van der Waals surface area contributed by atoms with Gasteiger partial charge in [-0.25, -0.2) is 9.97 Å². The predicted octanol–water partition coefficient (Wildman–Crippen LogP) is 1.94. The van der Waals surface area contributed by atoms with Gasteiger partial charge in [-0.3, -0.25) is 9.59 Å². The van der Waals surface area contributed by atoms with Gasteiger partial charge in [-0.2, -0.15) is 0 Å². The Morgan fingerprint density at radius 3 is 2.62 bits per heavy atom. The van der Waals surface area contributed by atoms with Gasteiger partial charge < -0.3 is 15.0 Å². The van der Waals surface area contributed by atoms with E-state index in [1.807, 2.05) is 0 Å². The number of nitrogens with one attached hydrogen (secondary N) is 2. The van der Waals surface area contributed by atoms with Crippen molar-refractivity contribution in [2.24, 2.45) is 0 Å². The molecule has 0 unspecified atom stereocenters. The number of hydrogen-bond acceptors (Lipinski definition) is 5. The maximum absolute atomic E-state index is 12.1. The van der Waals surface area contributed by atoms with Crippen LogP contribution in [0.15, 0.2) is 35.5 Å². The molecule has 24 heavy (non-hydrogen) atoms. The van der Waals surface area contributed by atoms with E-state index in [2.05, 4.69) is 20.3 Å². The lowest BCUT2D eigenvalue weighted by Gasteiger charge is -2.28. The Morgan fingerprint density at radius 2 is 1.96 bits per heavy atom. The van der Waals surface area contributed by atoms with Gasteiger partial charge in [0.05, 0.1) is 17.4 Å². The SMILES string of the molecule is O=C(NC1CCC(Oc2ncc(Cl)cn2)CC1)c1cc[nH]c(=O)c1. The van der Waals surface area contributed by atoms with E-state index in [0.29, 0.717) is 16.6 Å². The smallest absolute Gasteiger partial charge is 0.316 e. The highest BCUT2D eigenvalue weighted by Crippen LogP contribution is 2.22. The molecule has 3 rings (SSSR count). The van der Waals surface area contributed by atoms with E-state index in [0.717, 1.165) is 25.7 Å². The molecule has 0 aromatic carbocycles. The van der Waals surface area contributed by atoms with Crippen molar-refractivity contribution in [2.45, 2.75) is 37.8 Å². The first-order valence-corrected chi connectivity index (χ1v) is 8.12. The Hall–Kier alpha value is -2.41. The van der Waals surface area contributed by atoms with Crippen LogP contribution in [0.25, 0.3) is 0 Å². The molecule has 2 N–H and O–H groups in total. The van der Waals surface area contributed by atoms with Crippen molar-refractivity contribution in [1.29, 1.82) is 0 Å². The van der Waals surface area contributed by atoms with Crippen LogP contribution in [0.3, 0.4) is 0 Å². The number of halogens is 1. The van der Waals surface area contributed by atoms with Gasteiger partial charge in [-0.15, -0.1) is 0 Å². The monoisotopic (exact) mass is 348 g/mol. The summed E-state index contributed by atoms with van der Waals surface area (Å²) in [4.78, 5) is 33.9. The van der Waals surface area contributed by atoms with Crippen LogP contribution in [-0.2, 0) is 0 Å². The Kier molecular flexibility index (Phi) is 5.10. The minimum absolute atomic E-state index is 0.0268. The third kappa shape index (κ3) is 4.32. The number of aromatic amines is 1. The van der Waals surface area contributed by atoms with Gasteiger partial charge in [0.2, 0.25) is 5.56 Å². The number of hydrogen-bond donors (Lipinski definition) is 2. The van der Waals surface area contributed by atoms with Crippen molar-refractivity contribution in [3.63, 3.8) is 0 Å². The molecule has 0 bridgehead atoms. The van der Waals surface area contributed by atoms with Crippen molar-refractivity contribution in [3.05, 3.63) is 51.7 Å². The fourth-order valence-electron chi connectivity index (χ4n) is 2.69. The number of H-pyrrole nitrogens is 1. The topological polar surface area (TPSA) is 97.0 Å². The van der Waals surface area contributed by atoms with E-state index >= 15 is 0 Å². The Balaban J connectivity index is 1.49. The zero-order valence-electron chi connectivity index (χ0n) is 12.9. The molecule has 1 aliphatic carbocycles. The molecule has 1 fully saturated rings. The molecule has 2 aromatic rings. The summed E-state index contributed by atoms with van der Waals surface area (Å²) in [7, 11) is 0. The second kappa shape index (κ2) is 7.44. The van der Waals surface area contributed by atoms with Crippen molar-refractivity contribution in [2.75, 3.05) is 0 Å². The average Bonchev–Trinajstić information content (AvgIpc) is 2.59. The lowest BCUT2D eigenvalue weighted by molar-refractivity contribution is 0.0885. The predicted molar refractivity (Wildman–Crippen MR) is 88.2 cm³/mol. The highest BCUT2D eigenvalue weighted by molar-refractivity contribution is 6.30. The third-order valence-corrected chi connectivity index (χ3v) is 4.11. The number of ether oxygens (including phenoxy) is 1. The Labute approximate surface area is 143 Å². The second-order valence-corrected chi connectivity index (χ2v) is 6.13. The molecule has 0 spiro atoms. The summed E-state index contributed by atoms with van der Waals surface area (Å²) in [6, 6.07) is 3.27. The molecule has 126 valence electrons. The molecule has 1 aliphatic rings. The van der Waals surface area contributed by atoms with Crippen LogP contribution in [0.5, 0.6) is 6.01 Å². The van der Waals surface area contributed by atoms with Crippen LogP contribution in [0.4, 0.5) is 0 Å². The summed E-state index contributed by atoms with van der Waals surface area (Å²) in [5.74, 6) is -0.230. The Bertz CT molecular complexity index is 754. The number of amides is 1. The van der Waals surface area contributed by atoms with Crippen LogP contribution < -0.4 is 15.6 Å². The summed E-state index contributed by atoms with van der Waals surface area (Å²) in [5, 5.41) is 3.42. The van der Waals surface area contributed by atoms with Gasteiger partial charge in [0, 0.05) is 23.9 Å². The van der Waals surface area contributed by atoms with E-state index in [-0.39, 0.29) is 23.6 Å². The van der Waals surface area contributed by atoms with Gasteiger partial charge in [0.1, 0.15) is 6.10 Å². The number of pyridine rings is 1. The maximum atomic E-state index is 12.1. The summed E-state index contributed by atoms with van der Waals surface area (Å²) in [6.45, 7) is 0. The quantitative estimate of drug-likeness (QED) is 0.880. The molecule has 7 nitrogen and oxygen atoms in total. The fourth-order valence-corrected chi connectivity index (χ4v) is 2.79. The largest absolute Gasteiger partial charge is 0.460 e. The van der Waals surface area contributed by atoms with Crippen LogP contribution in [0, 0.1) is 0 Å². The van der Waals surface area contributed by atoms with Crippen LogP contribution in [-0.4, -0.2) is 33.0 Å². The van der Waals surface area contributed by atoms with E-state index in [9.17, 15) is 9.59 Å². The number of nitrogens with zero attached hydrogens (tertiary/aromatic N) is 2. The zero-order chi connectivity index (χ0) is 16.9. The molecule has 1 amide bonds. The highest BCUT2D eigenvalue weighted by atomic mass is 35.5. The van der Waals surface area contributed by atoms with Crippen molar-refractivity contribution >= 4 is 17.5 Å². The van der Waals surface area contributed by atoms with Crippen molar-refractivity contribution in [3.8, 4) is 6.01 Å². The number of carbonyl (C=O) groups excluding carboxylic acids is 1. The van der Waals surface area contributed by atoms with Crippen LogP contribution in [0.1, 0.15) is 36.0 Å². The zero-order valence-corrected chi connectivity index (χ0v) is 13.6. The van der Waals surface area contributed by atoms with E-state index in [4.69, 9.17) is 16.3 Å². The lowest BCUT2D eigenvalue weighted by atomic mass is 9.93. The van der Waals surface area contributed by atoms with Gasteiger partial charge in [0.15, 0.2) is 0 Å². The van der Waals surface area contributed by atoms with E-state index < -0.39 is 0 Å². The number of aromatic nitrogens is 3. The normalized spacial score (nSPS) is 20.4. The first-order valence-electron chi connectivity index (χ1n) is 7.74. The molecule has 1 saturated carbocycles. The molecule has 2 aromatic heterocycles. The minimum Gasteiger partial charge on any atom is -0.460 e. The van der Waals surface area contributed by atoms with Gasteiger partial charge in [-0.1, -0.05) is 11.6 Å². The maximum Gasteiger partial charge on any atom is 0.316 e. The standard InChI is InChI=1S/C16H17ClN4O3/c17-11-8-19-16(20-9-11)24-13-3-1-12(2-4-13)21-15(23)10-5-6-18-14(22)7-10/h5-9,12-13H,1-4H2,(H,18,22)(H,21,23). The lowest BCUT2D eigenvalue weighted by Crippen LogP contribution is -2.40. The van der Waals surface area contributed by atoms with Gasteiger partial charge >= 0.3 is 6.01 Å². The number of rotatable bonds is 4. The molecular weight excluding hydrogens is 332 g/mol. The van der Waals surface area contributed by atoms with Gasteiger partial charge in [-0.05, 0) is 31.7 Å². The van der Waals surface area contributed by atoms with E-state index in [1.165, 1.54) is 24.7 Å². The van der Waals surface area contributed by atoms with Gasteiger partial charge in [0.25, 0.3) is 5.91 Å². The molecule has 0 saturated heterocycles. The summed E-state index contributed by atoms with van der Waals surface area (Å²) in [6.07, 6.45) is 7.68. The first kappa shape index (κ1) is 16.4. The fraction of sp³-hybridized carbons (Fsp3) is 0.375. The van der Waals surface area contributed by atoms with Crippen LogP contribution >= 0.6 is 11.6 Å². The first-order chi connectivity index (χ1) is 11.6. The van der Waals surface area contributed by atoms with Crippen molar-refractivity contribution < 1.29 is 9.53 Å². The molecule has 0 radical (unpaired) electrons. The summed E-state index contributed by atoms with van der Waals surface area (Å²) < 4.78 is 5.72. The summed E-state index contributed by atoms with van der Waals surface area (Å²) in [5.41, 5.74) is 0.0782. The molecule has 8 heteroatoms. The Morgan fingerprint density at radius 1 is 1.25 bits per heavy atom. The molecular formula is C16H17ClN4O3. The minimum atomic E-state index is -0.289. The van der Waals surface area contributed by atoms with E-state index in [1.54, 1.807) is 6.07 Å². The highest BCUT2D eigenvalue weighted by Gasteiger charge is 2.24. The second-order valence-electron chi connectivity index (χ2n) is 5.69. The van der Waals surface area contributed by atoms with Crippen LogP contribution in [0.2, 0.25) is 5.02 Å². The number of carbonyl (C=O) groups is 1. The molecule has 0 aliphatic heterocycles. The summed E-state index contributed by atoms with van der Waals surface area (Å²) >= 11 is 5.74. The third-order valence-electron chi connectivity index (χ3n) is 3.92. The van der Waals surface area contributed by atoms with Crippen molar-refractivity contribution in [1.82, 2.24) is 20.3 Å².